The summed E-state index contributed by atoms with van der Waals surface area (Å²) in [5.74, 6) is -1.56. The van der Waals surface area contributed by atoms with Gasteiger partial charge in [0.2, 0.25) is 0 Å². The van der Waals surface area contributed by atoms with Gasteiger partial charge in [0, 0.05) is 13.2 Å². The fourth-order valence-electron chi connectivity index (χ4n) is 0.999. The van der Waals surface area contributed by atoms with E-state index in [0.717, 1.165) is 0 Å². The van der Waals surface area contributed by atoms with Gasteiger partial charge in [-0.05, 0) is 19.1 Å². The quantitative estimate of drug-likeness (QED) is 0.527. The highest BCUT2D eigenvalue weighted by Crippen LogP contribution is 2.09. The Morgan fingerprint density at radius 2 is 2.27 bits per heavy atom. The summed E-state index contributed by atoms with van der Waals surface area (Å²) in [7, 11) is 1.50. The number of hydrogen-bond donors (Lipinski definition) is 0. The second kappa shape index (κ2) is 5.09. The molecule has 0 saturated carbocycles. The van der Waals surface area contributed by atoms with Crippen LogP contribution in [0.1, 0.15) is 6.92 Å². The molecule has 0 aromatic carbocycles. The highest BCUT2D eigenvalue weighted by Gasteiger charge is 2.20. The number of anilines is 1. The van der Waals surface area contributed by atoms with Crippen LogP contribution in [-0.2, 0) is 14.3 Å². The van der Waals surface area contributed by atoms with E-state index in [1.807, 2.05) is 0 Å². The smallest absolute Gasteiger partial charge is 0.397 e. The standard InChI is InChI=1S/C10H12N2O3/c1-3-15-10(14)9(13)12(2)8-5-4-6-11-7-8/h4-7H,3H2,1-2H3. The first-order valence-corrected chi connectivity index (χ1v) is 4.51. The first kappa shape index (κ1) is 11.2. The Balaban J connectivity index is 2.73. The molecule has 0 N–H and O–H groups in total. The molecule has 0 aliphatic rings. The van der Waals surface area contributed by atoms with Crippen LogP contribution in [-0.4, -0.2) is 30.5 Å². The Morgan fingerprint density at radius 1 is 1.53 bits per heavy atom. The van der Waals surface area contributed by atoms with Crippen molar-refractivity contribution < 1.29 is 14.3 Å². The zero-order valence-corrected chi connectivity index (χ0v) is 8.64. The zero-order chi connectivity index (χ0) is 11.3. The van der Waals surface area contributed by atoms with Gasteiger partial charge in [-0.25, -0.2) is 4.79 Å². The van der Waals surface area contributed by atoms with Gasteiger partial charge in [-0.3, -0.25) is 9.78 Å². The van der Waals surface area contributed by atoms with Gasteiger partial charge in [-0.1, -0.05) is 0 Å². The number of carbonyl (C=O) groups is 2. The Morgan fingerprint density at radius 3 is 2.80 bits per heavy atom. The molecule has 0 aliphatic heterocycles. The zero-order valence-electron chi connectivity index (χ0n) is 8.64. The van der Waals surface area contributed by atoms with E-state index in [2.05, 4.69) is 9.72 Å². The van der Waals surface area contributed by atoms with Crippen molar-refractivity contribution in [3.05, 3.63) is 24.5 Å². The maximum atomic E-state index is 11.5. The summed E-state index contributed by atoms with van der Waals surface area (Å²) in [6.45, 7) is 1.83. The summed E-state index contributed by atoms with van der Waals surface area (Å²) in [6, 6.07) is 3.37. The minimum atomic E-state index is -0.858. The summed E-state index contributed by atoms with van der Waals surface area (Å²) in [6.07, 6.45) is 3.09. The molecule has 0 atom stereocenters. The number of nitrogens with zero attached hydrogens (tertiary/aromatic N) is 2. The Kier molecular flexibility index (Phi) is 3.79. The van der Waals surface area contributed by atoms with Crippen LogP contribution in [0.3, 0.4) is 0 Å². The Hall–Kier alpha value is -1.91. The lowest BCUT2D eigenvalue weighted by Gasteiger charge is -2.14. The summed E-state index contributed by atoms with van der Waals surface area (Å²) in [5, 5.41) is 0. The van der Waals surface area contributed by atoms with Gasteiger partial charge < -0.3 is 9.64 Å². The maximum Gasteiger partial charge on any atom is 0.397 e. The predicted octanol–water partition coefficient (Wildman–Crippen LogP) is 0.607. The number of ether oxygens (including phenoxy) is 1. The molecule has 0 spiro atoms. The largest absolute Gasteiger partial charge is 0.459 e. The number of aromatic nitrogens is 1. The summed E-state index contributed by atoms with van der Waals surface area (Å²) in [4.78, 5) is 27.6. The van der Waals surface area contributed by atoms with E-state index >= 15 is 0 Å². The lowest BCUT2D eigenvalue weighted by molar-refractivity contribution is -0.153. The van der Waals surface area contributed by atoms with E-state index in [0.29, 0.717) is 5.69 Å². The average molecular weight is 208 g/mol. The predicted molar refractivity (Wildman–Crippen MR) is 54.3 cm³/mol. The second-order valence-electron chi connectivity index (χ2n) is 2.80. The molecule has 1 aromatic rings. The van der Waals surface area contributed by atoms with Crippen LogP contribution in [0.25, 0.3) is 0 Å². The number of likely N-dealkylation sites (N-methyl/N-ethyl adjacent to an activating group) is 1. The molecule has 0 aliphatic carbocycles. The maximum absolute atomic E-state index is 11.5. The number of hydrogen-bond acceptors (Lipinski definition) is 4. The highest BCUT2D eigenvalue weighted by molar-refractivity contribution is 6.37. The molecule has 1 heterocycles. The molecule has 5 heteroatoms. The molecule has 0 fully saturated rings. The van der Waals surface area contributed by atoms with Crippen LogP contribution in [0.5, 0.6) is 0 Å². The van der Waals surface area contributed by atoms with E-state index in [4.69, 9.17) is 0 Å². The van der Waals surface area contributed by atoms with Crippen molar-refractivity contribution in [3.63, 3.8) is 0 Å². The molecular formula is C10H12N2O3. The highest BCUT2D eigenvalue weighted by atomic mass is 16.5. The van der Waals surface area contributed by atoms with Crippen LogP contribution in [0.15, 0.2) is 24.5 Å². The minimum absolute atomic E-state index is 0.186. The topological polar surface area (TPSA) is 59.5 Å². The first-order chi connectivity index (χ1) is 7.16. The number of amides is 1. The molecule has 0 bridgehead atoms. The number of pyridine rings is 1. The molecule has 5 nitrogen and oxygen atoms in total. The average Bonchev–Trinajstić information content (AvgIpc) is 2.28. The molecule has 1 amide bonds. The summed E-state index contributed by atoms with van der Waals surface area (Å²) >= 11 is 0. The number of rotatable bonds is 2. The Labute approximate surface area is 87.7 Å². The van der Waals surface area contributed by atoms with Gasteiger partial charge in [0.1, 0.15) is 0 Å². The fraction of sp³-hybridized carbons (Fsp3) is 0.300. The SMILES string of the molecule is CCOC(=O)C(=O)N(C)c1cccnc1. The van der Waals surface area contributed by atoms with Crippen LogP contribution in [0, 0.1) is 0 Å². The van der Waals surface area contributed by atoms with E-state index < -0.39 is 11.9 Å². The third-order valence-corrected chi connectivity index (χ3v) is 1.79. The van der Waals surface area contributed by atoms with Crippen molar-refractivity contribution in [3.8, 4) is 0 Å². The van der Waals surface area contributed by atoms with E-state index in [1.165, 1.54) is 18.1 Å². The molecule has 1 aromatic heterocycles. The van der Waals surface area contributed by atoms with Crippen molar-refractivity contribution in [2.24, 2.45) is 0 Å². The second-order valence-corrected chi connectivity index (χ2v) is 2.80. The van der Waals surface area contributed by atoms with Gasteiger partial charge in [-0.2, -0.15) is 0 Å². The van der Waals surface area contributed by atoms with Gasteiger partial charge in [0.15, 0.2) is 0 Å². The third kappa shape index (κ3) is 2.77. The van der Waals surface area contributed by atoms with Crippen molar-refractivity contribution in [1.29, 1.82) is 0 Å². The normalized spacial score (nSPS) is 9.47. The van der Waals surface area contributed by atoms with Crippen molar-refractivity contribution >= 4 is 17.6 Å². The molecule has 0 unspecified atom stereocenters. The monoisotopic (exact) mass is 208 g/mol. The van der Waals surface area contributed by atoms with Gasteiger partial charge in [0.05, 0.1) is 18.5 Å². The first-order valence-electron chi connectivity index (χ1n) is 4.51. The summed E-state index contributed by atoms with van der Waals surface area (Å²) in [5.41, 5.74) is 0.551. The molecule has 0 radical (unpaired) electrons. The molecular weight excluding hydrogens is 196 g/mol. The molecule has 80 valence electrons. The number of esters is 1. The van der Waals surface area contributed by atoms with Gasteiger partial charge in [0.25, 0.3) is 0 Å². The molecule has 0 saturated heterocycles. The van der Waals surface area contributed by atoms with E-state index in [-0.39, 0.29) is 6.61 Å². The van der Waals surface area contributed by atoms with Crippen LogP contribution in [0.2, 0.25) is 0 Å². The van der Waals surface area contributed by atoms with Gasteiger partial charge >= 0.3 is 11.9 Å². The van der Waals surface area contributed by atoms with Crippen LogP contribution < -0.4 is 4.90 Å². The Bertz CT molecular complexity index is 351. The lowest BCUT2D eigenvalue weighted by Crippen LogP contribution is -2.34. The van der Waals surface area contributed by atoms with E-state index in [9.17, 15) is 9.59 Å². The van der Waals surface area contributed by atoms with Crippen molar-refractivity contribution in [2.45, 2.75) is 6.92 Å². The summed E-state index contributed by atoms with van der Waals surface area (Å²) < 4.78 is 4.60. The third-order valence-electron chi connectivity index (χ3n) is 1.79. The van der Waals surface area contributed by atoms with Crippen molar-refractivity contribution in [1.82, 2.24) is 4.98 Å². The van der Waals surface area contributed by atoms with Crippen LogP contribution >= 0.6 is 0 Å². The van der Waals surface area contributed by atoms with Crippen molar-refractivity contribution in [2.75, 3.05) is 18.6 Å². The van der Waals surface area contributed by atoms with Crippen LogP contribution in [0.4, 0.5) is 5.69 Å². The van der Waals surface area contributed by atoms with E-state index in [1.54, 1.807) is 25.3 Å². The minimum Gasteiger partial charge on any atom is -0.459 e. The number of carbonyl (C=O) groups excluding carboxylic acids is 2. The fourth-order valence-corrected chi connectivity index (χ4v) is 0.999. The lowest BCUT2D eigenvalue weighted by atomic mass is 10.4. The van der Waals surface area contributed by atoms with Gasteiger partial charge in [-0.15, -0.1) is 0 Å². The molecule has 1 rings (SSSR count). The molecule has 15 heavy (non-hydrogen) atoms.